The summed E-state index contributed by atoms with van der Waals surface area (Å²) in [6, 6.07) is 16.7. The lowest BCUT2D eigenvalue weighted by molar-refractivity contribution is 0.100. The highest BCUT2D eigenvalue weighted by molar-refractivity contribution is 6.04. The molecule has 6 nitrogen and oxygen atoms in total. The van der Waals surface area contributed by atoms with Crippen LogP contribution in [0.5, 0.6) is 5.75 Å². The summed E-state index contributed by atoms with van der Waals surface area (Å²) < 4.78 is 7.19. The van der Waals surface area contributed by atoms with Gasteiger partial charge in [0.25, 0.3) is 0 Å². The van der Waals surface area contributed by atoms with Crippen LogP contribution in [0.15, 0.2) is 67.0 Å². The number of nitrogens with zero attached hydrogens (tertiary/aromatic N) is 3. The van der Waals surface area contributed by atoms with E-state index in [9.17, 15) is 4.79 Å². The lowest BCUT2D eigenvalue weighted by Crippen LogP contribution is -2.13. The van der Waals surface area contributed by atoms with Crippen LogP contribution in [-0.2, 0) is 0 Å². The minimum absolute atomic E-state index is 0.416. The van der Waals surface area contributed by atoms with E-state index in [0.717, 1.165) is 16.8 Å². The van der Waals surface area contributed by atoms with Crippen molar-refractivity contribution in [2.24, 2.45) is 5.73 Å². The van der Waals surface area contributed by atoms with Gasteiger partial charge in [0, 0.05) is 34.6 Å². The molecule has 0 radical (unpaired) electrons. The second-order valence-corrected chi connectivity index (χ2v) is 5.74. The van der Waals surface area contributed by atoms with E-state index in [1.54, 1.807) is 36.2 Å². The predicted octanol–water partition coefficient (Wildman–Crippen LogP) is 3.17. The third kappa shape index (κ3) is 2.57. The number of carbonyl (C=O) groups is 1. The zero-order chi connectivity index (χ0) is 18.1. The normalized spacial score (nSPS) is 10.8. The van der Waals surface area contributed by atoms with Crippen LogP contribution < -0.4 is 10.5 Å². The molecule has 4 rings (SSSR count). The van der Waals surface area contributed by atoms with Crippen molar-refractivity contribution in [3.8, 4) is 28.1 Å². The van der Waals surface area contributed by atoms with Gasteiger partial charge in [-0.1, -0.05) is 30.3 Å². The number of hydrogen-bond donors (Lipinski definition) is 1. The number of aromatic nitrogens is 3. The number of hydrogen-bond acceptors (Lipinski definition) is 4. The van der Waals surface area contributed by atoms with Crippen molar-refractivity contribution in [2.75, 3.05) is 7.11 Å². The van der Waals surface area contributed by atoms with Gasteiger partial charge >= 0.3 is 0 Å². The molecule has 0 fully saturated rings. The molecule has 0 saturated carbocycles. The molecule has 2 N–H and O–H groups in total. The van der Waals surface area contributed by atoms with E-state index >= 15 is 0 Å². The Labute approximate surface area is 149 Å². The predicted molar refractivity (Wildman–Crippen MR) is 98.9 cm³/mol. The third-order valence-corrected chi connectivity index (χ3v) is 4.24. The molecular formula is C20H16N4O2. The summed E-state index contributed by atoms with van der Waals surface area (Å²) in [7, 11) is 1.60. The standard InChI is InChI=1S/C20H16N4O2/c1-26-17-8-3-2-5-14(17)19-13(6-4-7-15(19)20(21)25)16-9-10-18-22-11-12-24(18)23-16/h2-12H,1H3,(H2,21,25). The molecule has 6 heteroatoms. The van der Waals surface area contributed by atoms with Crippen LogP contribution in [0.1, 0.15) is 10.4 Å². The number of ether oxygens (including phenoxy) is 1. The van der Waals surface area contributed by atoms with Gasteiger partial charge in [0.15, 0.2) is 5.65 Å². The number of amides is 1. The van der Waals surface area contributed by atoms with Crippen molar-refractivity contribution in [3.05, 3.63) is 72.6 Å². The van der Waals surface area contributed by atoms with Gasteiger partial charge in [-0.15, -0.1) is 0 Å². The van der Waals surface area contributed by atoms with Gasteiger partial charge in [0.2, 0.25) is 5.91 Å². The maximum atomic E-state index is 12.1. The van der Waals surface area contributed by atoms with Crippen molar-refractivity contribution >= 4 is 11.6 Å². The molecule has 0 aliphatic heterocycles. The molecule has 0 unspecified atom stereocenters. The van der Waals surface area contributed by atoms with Gasteiger partial charge in [-0.25, -0.2) is 9.50 Å². The average Bonchev–Trinajstić information content (AvgIpc) is 3.15. The summed E-state index contributed by atoms with van der Waals surface area (Å²) >= 11 is 0. The Morgan fingerprint density at radius 3 is 2.65 bits per heavy atom. The zero-order valence-electron chi connectivity index (χ0n) is 14.1. The fraction of sp³-hybridized carbons (Fsp3) is 0.0500. The van der Waals surface area contributed by atoms with Crippen molar-refractivity contribution in [1.82, 2.24) is 14.6 Å². The number of benzene rings is 2. The maximum Gasteiger partial charge on any atom is 0.249 e. The Hall–Kier alpha value is -3.67. The fourth-order valence-electron chi connectivity index (χ4n) is 3.07. The first-order valence-electron chi connectivity index (χ1n) is 8.06. The van der Waals surface area contributed by atoms with E-state index in [2.05, 4.69) is 10.1 Å². The van der Waals surface area contributed by atoms with Crippen LogP contribution in [0, 0.1) is 0 Å². The molecule has 0 bridgehead atoms. The van der Waals surface area contributed by atoms with E-state index in [-0.39, 0.29) is 0 Å². The summed E-state index contributed by atoms with van der Waals surface area (Å²) in [5, 5.41) is 4.61. The van der Waals surface area contributed by atoms with E-state index in [4.69, 9.17) is 10.5 Å². The number of para-hydroxylation sites is 1. The Morgan fingerprint density at radius 1 is 1.04 bits per heavy atom. The van der Waals surface area contributed by atoms with Crippen molar-refractivity contribution in [1.29, 1.82) is 0 Å². The second kappa shape index (κ2) is 6.33. The largest absolute Gasteiger partial charge is 0.496 e. The van der Waals surface area contributed by atoms with Crippen LogP contribution in [0.25, 0.3) is 28.0 Å². The molecule has 0 atom stereocenters. The van der Waals surface area contributed by atoms with Crippen molar-refractivity contribution < 1.29 is 9.53 Å². The van der Waals surface area contributed by atoms with Gasteiger partial charge < -0.3 is 10.5 Å². The molecular weight excluding hydrogens is 328 g/mol. The number of carbonyl (C=O) groups excluding carboxylic acids is 1. The van der Waals surface area contributed by atoms with E-state index in [1.807, 2.05) is 42.5 Å². The first-order chi connectivity index (χ1) is 12.7. The molecule has 2 aromatic heterocycles. The van der Waals surface area contributed by atoms with Crippen LogP contribution in [0.2, 0.25) is 0 Å². The maximum absolute atomic E-state index is 12.1. The number of imidazole rings is 1. The molecule has 0 spiro atoms. The number of methoxy groups -OCH3 is 1. The van der Waals surface area contributed by atoms with Gasteiger partial charge in [-0.2, -0.15) is 5.10 Å². The van der Waals surface area contributed by atoms with Gasteiger partial charge in [-0.3, -0.25) is 4.79 Å². The second-order valence-electron chi connectivity index (χ2n) is 5.74. The third-order valence-electron chi connectivity index (χ3n) is 4.24. The molecule has 0 aliphatic carbocycles. The molecule has 26 heavy (non-hydrogen) atoms. The molecule has 2 aromatic carbocycles. The first kappa shape index (κ1) is 15.8. The van der Waals surface area contributed by atoms with Gasteiger partial charge in [0.05, 0.1) is 12.8 Å². The lowest BCUT2D eigenvalue weighted by atomic mass is 9.91. The highest BCUT2D eigenvalue weighted by atomic mass is 16.5. The topological polar surface area (TPSA) is 82.5 Å². The zero-order valence-corrected chi connectivity index (χ0v) is 14.1. The minimum atomic E-state index is -0.503. The monoisotopic (exact) mass is 344 g/mol. The van der Waals surface area contributed by atoms with E-state index in [1.165, 1.54) is 0 Å². The van der Waals surface area contributed by atoms with Crippen LogP contribution in [-0.4, -0.2) is 27.6 Å². The SMILES string of the molecule is COc1ccccc1-c1c(C(N)=O)cccc1-c1ccc2nccn2n1. The van der Waals surface area contributed by atoms with Crippen LogP contribution >= 0.6 is 0 Å². The van der Waals surface area contributed by atoms with Crippen LogP contribution in [0.3, 0.4) is 0 Å². The van der Waals surface area contributed by atoms with Gasteiger partial charge in [0.1, 0.15) is 5.75 Å². The summed E-state index contributed by atoms with van der Waals surface area (Å²) in [5.41, 5.74) is 9.80. The number of nitrogens with two attached hydrogens (primary N) is 1. The minimum Gasteiger partial charge on any atom is -0.496 e. The molecule has 1 amide bonds. The molecule has 2 heterocycles. The average molecular weight is 344 g/mol. The highest BCUT2D eigenvalue weighted by Gasteiger charge is 2.19. The smallest absolute Gasteiger partial charge is 0.249 e. The van der Waals surface area contributed by atoms with Crippen LogP contribution in [0.4, 0.5) is 0 Å². The Kier molecular flexibility index (Phi) is 3.85. The number of fused-ring (bicyclic) bond motifs is 1. The number of primary amides is 1. The number of rotatable bonds is 4. The molecule has 0 saturated heterocycles. The summed E-state index contributed by atoms with van der Waals surface area (Å²) in [6.45, 7) is 0. The highest BCUT2D eigenvalue weighted by Crippen LogP contribution is 2.38. The Morgan fingerprint density at radius 2 is 1.85 bits per heavy atom. The Bertz CT molecular complexity index is 1120. The van der Waals surface area contributed by atoms with Crippen molar-refractivity contribution in [3.63, 3.8) is 0 Å². The first-order valence-corrected chi connectivity index (χ1v) is 8.06. The van der Waals surface area contributed by atoms with Gasteiger partial charge in [-0.05, 0) is 24.3 Å². The summed E-state index contributed by atoms with van der Waals surface area (Å²) in [5.74, 6) is 0.155. The summed E-state index contributed by atoms with van der Waals surface area (Å²) in [4.78, 5) is 16.3. The Balaban J connectivity index is 2.03. The quantitative estimate of drug-likeness (QED) is 0.616. The lowest BCUT2D eigenvalue weighted by Gasteiger charge is -2.16. The molecule has 0 aliphatic rings. The van der Waals surface area contributed by atoms with E-state index in [0.29, 0.717) is 22.6 Å². The molecule has 128 valence electrons. The van der Waals surface area contributed by atoms with Crippen molar-refractivity contribution in [2.45, 2.75) is 0 Å². The molecule has 4 aromatic rings. The summed E-state index contributed by atoms with van der Waals surface area (Å²) in [6.07, 6.45) is 3.46. The van der Waals surface area contributed by atoms with E-state index < -0.39 is 5.91 Å². The fourth-order valence-corrected chi connectivity index (χ4v) is 3.07.